The number of nitrogens with two attached hydrogens (primary N) is 1. The first-order valence-corrected chi connectivity index (χ1v) is 4.80. The van der Waals surface area contributed by atoms with Crippen molar-refractivity contribution in [3.63, 3.8) is 0 Å². The molecule has 1 aromatic heterocycles. The van der Waals surface area contributed by atoms with E-state index in [0.29, 0.717) is 17.9 Å². The molecule has 1 amide bonds. The number of piperidine rings is 1. The van der Waals surface area contributed by atoms with E-state index in [4.69, 9.17) is 5.73 Å². The van der Waals surface area contributed by atoms with Gasteiger partial charge in [0, 0.05) is 19.2 Å². The number of anilines is 2. The molecule has 0 aromatic carbocycles. The van der Waals surface area contributed by atoms with Crippen LogP contribution in [0.4, 0.5) is 11.5 Å². The Morgan fingerprint density at radius 1 is 1.43 bits per heavy atom. The monoisotopic (exact) mass is 191 g/mol. The minimum absolute atomic E-state index is 0.127. The van der Waals surface area contributed by atoms with Gasteiger partial charge in [-0.3, -0.25) is 9.69 Å². The van der Waals surface area contributed by atoms with Crippen molar-refractivity contribution in [3.8, 4) is 0 Å². The summed E-state index contributed by atoms with van der Waals surface area (Å²) in [6.45, 7) is 0.736. The summed E-state index contributed by atoms with van der Waals surface area (Å²) in [5.41, 5.74) is 6.33. The first-order valence-electron chi connectivity index (χ1n) is 4.80. The number of hydrogen-bond acceptors (Lipinski definition) is 3. The van der Waals surface area contributed by atoms with Gasteiger partial charge in [0.1, 0.15) is 0 Å². The van der Waals surface area contributed by atoms with Gasteiger partial charge in [0.15, 0.2) is 5.82 Å². The molecule has 0 saturated carbocycles. The predicted molar refractivity (Wildman–Crippen MR) is 54.9 cm³/mol. The first-order chi connectivity index (χ1) is 6.79. The molecule has 1 saturated heterocycles. The second-order valence-electron chi connectivity index (χ2n) is 3.42. The zero-order valence-electron chi connectivity index (χ0n) is 7.94. The topological polar surface area (TPSA) is 59.2 Å². The second-order valence-corrected chi connectivity index (χ2v) is 3.42. The highest BCUT2D eigenvalue weighted by Crippen LogP contribution is 2.23. The molecular formula is C10H13N3O. The smallest absolute Gasteiger partial charge is 0.228 e. The van der Waals surface area contributed by atoms with E-state index >= 15 is 0 Å². The summed E-state index contributed by atoms with van der Waals surface area (Å²) >= 11 is 0. The first kappa shape index (κ1) is 8.99. The summed E-state index contributed by atoms with van der Waals surface area (Å²) in [6.07, 6.45) is 4.27. The lowest BCUT2D eigenvalue weighted by Crippen LogP contribution is -2.36. The van der Waals surface area contributed by atoms with Crippen molar-refractivity contribution in [3.05, 3.63) is 18.3 Å². The number of amides is 1. The number of carbonyl (C=O) groups is 1. The molecule has 0 spiro atoms. The van der Waals surface area contributed by atoms with Gasteiger partial charge in [-0.05, 0) is 25.0 Å². The number of carbonyl (C=O) groups excluding carboxylic acids is 1. The van der Waals surface area contributed by atoms with E-state index < -0.39 is 0 Å². The summed E-state index contributed by atoms with van der Waals surface area (Å²) in [6, 6.07) is 3.54. The predicted octanol–water partition coefficient (Wildman–Crippen LogP) is 1.18. The Bertz CT molecular complexity index is 351. The van der Waals surface area contributed by atoms with Gasteiger partial charge in [-0.15, -0.1) is 0 Å². The molecule has 2 heterocycles. The number of nitrogens with zero attached hydrogens (tertiary/aromatic N) is 2. The average molecular weight is 191 g/mol. The summed E-state index contributed by atoms with van der Waals surface area (Å²) in [7, 11) is 0. The summed E-state index contributed by atoms with van der Waals surface area (Å²) in [4.78, 5) is 17.4. The third kappa shape index (κ3) is 1.55. The van der Waals surface area contributed by atoms with Crippen LogP contribution in [0.2, 0.25) is 0 Å². The number of nitrogen functional groups attached to an aromatic ring is 1. The second kappa shape index (κ2) is 3.65. The molecule has 4 nitrogen and oxygen atoms in total. The zero-order valence-corrected chi connectivity index (χ0v) is 7.94. The SMILES string of the molecule is Nc1cccnc1N1CCCCC1=O. The molecule has 0 atom stereocenters. The Morgan fingerprint density at radius 3 is 3.00 bits per heavy atom. The Hall–Kier alpha value is -1.58. The molecule has 1 aromatic rings. The van der Waals surface area contributed by atoms with Crippen LogP contribution in [-0.4, -0.2) is 17.4 Å². The highest BCUT2D eigenvalue weighted by Gasteiger charge is 2.21. The summed E-state index contributed by atoms with van der Waals surface area (Å²) < 4.78 is 0. The lowest BCUT2D eigenvalue weighted by molar-refractivity contribution is -0.119. The number of pyridine rings is 1. The molecular weight excluding hydrogens is 178 g/mol. The van der Waals surface area contributed by atoms with E-state index in [0.717, 1.165) is 19.4 Å². The van der Waals surface area contributed by atoms with E-state index in [1.54, 1.807) is 23.2 Å². The van der Waals surface area contributed by atoms with Crippen LogP contribution in [0.1, 0.15) is 19.3 Å². The molecule has 1 aliphatic rings. The van der Waals surface area contributed by atoms with Crippen molar-refractivity contribution in [2.75, 3.05) is 17.2 Å². The third-order valence-electron chi connectivity index (χ3n) is 2.40. The van der Waals surface area contributed by atoms with E-state index in [9.17, 15) is 4.79 Å². The maximum Gasteiger partial charge on any atom is 0.228 e. The van der Waals surface area contributed by atoms with Crippen LogP contribution < -0.4 is 10.6 Å². The van der Waals surface area contributed by atoms with Crippen LogP contribution in [0.25, 0.3) is 0 Å². The number of hydrogen-bond donors (Lipinski definition) is 1. The van der Waals surface area contributed by atoms with Gasteiger partial charge in [-0.2, -0.15) is 0 Å². The minimum Gasteiger partial charge on any atom is -0.396 e. The maximum atomic E-state index is 11.6. The zero-order chi connectivity index (χ0) is 9.97. The van der Waals surface area contributed by atoms with E-state index in [1.165, 1.54) is 0 Å². The van der Waals surface area contributed by atoms with Crippen LogP contribution in [0.15, 0.2) is 18.3 Å². The van der Waals surface area contributed by atoms with Crippen molar-refractivity contribution < 1.29 is 4.79 Å². The molecule has 2 rings (SSSR count). The van der Waals surface area contributed by atoms with Crippen LogP contribution in [0.3, 0.4) is 0 Å². The largest absolute Gasteiger partial charge is 0.396 e. The van der Waals surface area contributed by atoms with E-state index in [1.807, 2.05) is 0 Å². The van der Waals surface area contributed by atoms with Gasteiger partial charge in [0.25, 0.3) is 0 Å². The Labute approximate surface area is 82.7 Å². The van der Waals surface area contributed by atoms with Gasteiger partial charge in [0.2, 0.25) is 5.91 Å². The maximum absolute atomic E-state index is 11.6. The molecule has 4 heteroatoms. The van der Waals surface area contributed by atoms with Crippen molar-refractivity contribution in [1.29, 1.82) is 0 Å². The molecule has 0 radical (unpaired) electrons. The molecule has 1 fully saturated rings. The fourth-order valence-electron chi connectivity index (χ4n) is 1.66. The van der Waals surface area contributed by atoms with Crippen molar-refractivity contribution in [2.45, 2.75) is 19.3 Å². The van der Waals surface area contributed by atoms with Gasteiger partial charge >= 0.3 is 0 Å². The minimum atomic E-state index is 0.127. The quantitative estimate of drug-likeness (QED) is 0.725. The third-order valence-corrected chi connectivity index (χ3v) is 2.40. The average Bonchev–Trinajstić information content (AvgIpc) is 2.20. The molecule has 0 aliphatic carbocycles. The fourth-order valence-corrected chi connectivity index (χ4v) is 1.66. The lowest BCUT2D eigenvalue weighted by Gasteiger charge is -2.26. The van der Waals surface area contributed by atoms with Crippen LogP contribution >= 0.6 is 0 Å². The molecule has 1 aliphatic heterocycles. The van der Waals surface area contributed by atoms with Crippen LogP contribution in [0, 0.1) is 0 Å². The molecule has 74 valence electrons. The van der Waals surface area contributed by atoms with E-state index in [-0.39, 0.29) is 5.91 Å². The summed E-state index contributed by atoms with van der Waals surface area (Å²) in [5, 5.41) is 0. The van der Waals surface area contributed by atoms with Gasteiger partial charge in [-0.1, -0.05) is 0 Å². The Balaban J connectivity index is 2.29. The fraction of sp³-hybridized carbons (Fsp3) is 0.400. The van der Waals surface area contributed by atoms with E-state index in [2.05, 4.69) is 4.98 Å². The molecule has 0 unspecified atom stereocenters. The Morgan fingerprint density at radius 2 is 2.29 bits per heavy atom. The van der Waals surface area contributed by atoms with Gasteiger partial charge < -0.3 is 5.73 Å². The van der Waals surface area contributed by atoms with Crippen molar-refractivity contribution >= 4 is 17.4 Å². The van der Waals surface area contributed by atoms with Crippen molar-refractivity contribution in [1.82, 2.24) is 4.98 Å². The molecule has 0 bridgehead atoms. The highest BCUT2D eigenvalue weighted by atomic mass is 16.2. The highest BCUT2D eigenvalue weighted by molar-refractivity contribution is 5.95. The Kier molecular flexibility index (Phi) is 2.35. The van der Waals surface area contributed by atoms with Crippen LogP contribution in [0.5, 0.6) is 0 Å². The number of rotatable bonds is 1. The van der Waals surface area contributed by atoms with Gasteiger partial charge in [-0.25, -0.2) is 4.98 Å². The normalized spacial score (nSPS) is 17.1. The number of aromatic nitrogens is 1. The van der Waals surface area contributed by atoms with Crippen LogP contribution in [-0.2, 0) is 4.79 Å². The lowest BCUT2D eigenvalue weighted by atomic mass is 10.1. The molecule has 2 N–H and O–H groups in total. The molecule has 14 heavy (non-hydrogen) atoms. The van der Waals surface area contributed by atoms with Crippen molar-refractivity contribution in [2.24, 2.45) is 0 Å². The summed E-state index contributed by atoms with van der Waals surface area (Å²) in [5.74, 6) is 0.735. The van der Waals surface area contributed by atoms with Gasteiger partial charge in [0.05, 0.1) is 5.69 Å². The standard InChI is InChI=1S/C10H13N3O/c11-8-4-3-6-12-10(8)13-7-2-1-5-9(13)14/h3-4,6H,1-2,5,7,11H2.